The van der Waals surface area contributed by atoms with Gasteiger partial charge in [0.05, 0.1) is 12.3 Å². The molecule has 2 aromatic rings. The second kappa shape index (κ2) is 6.14. The summed E-state index contributed by atoms with van der Waals surface area (Å²) in [5, 5.41) is 7.56. The lowest BCUT2D eigenvalue weighted by molar-refractivity contribution is 0.369. The maximum absolute atomic E-state index is 5.89. The Morgan fingerprint density at radius 1 is 1.05 bits per heavy atom. The highest BCUT2D eigenvalue weighted by Crippen LogP contribution is 2.12. The van der Waals surface area contributed by atoms with E-state index in [9.17, 15) is 0 Å². The van der Waals surface area contributed by atoms with Crippen LogP contribution in [-0.2, 0) is 4.65 Å². The van der Waals surface area contributed by atoms with Gasteiger partial charge in [-0.15, -0.1) is 0 Å². The lowest BCUT2D eigenvalue weighted by atomic mass is 9.73. The summed E-state index contributed by atoms with van der Waals surface area (Å²) in [7, 11) is -0.168. The molecule has 0 saturated carbocycles. The Morgan fingerprint density at radius 2 is 1.76 bits per heavy atom. The number of nitrogens with zero attached hydrogens (tertiary/aromatic N) is 1. The SMILES string of the molecule is CC(C)c1ccc(B2NN=C(c3ccccc3)CO2)cc1. The Morgan fingerprint density at radius 3 is 2.33 bits per heavy atom. The van der Waals surface area contributed by atoms with Crippen LogP contribution in [0.5, 0.6) is 0 Å². The summed E-state index contributed by atoms with van der Waals surface area (Å²) in [6.45, 7) is 4.91. The molecule has 0 unspecified atom stereocenters. The largest absolute Gasteiger partial charge is 0.466 e. The molecule has 0 fully saturated rings. The van der Waals surface area contributed by atoms with Crippen molar-refractivity contribution in [2.75, 3.05) is 6.61 Å². The Hall–Kier alpha value is -2.07. The highest BCUT2D eigenvalue weighted by atomic mass is 16.4. The average molecular weight is 278 g/mol. The summed E-state index contributed by atoms with van der Waals surface area (Å²) in [5.41, 5.74) is 4.47. The van der Waals surface area contributed by atoms with Gasteiger partial charge in [-0.3, -0.25) is 0 Å². The summed E-state index contributed by atoms with van der Waals surface area (Å²) in [6.07, 6.45) is 0. The van der Waals surface area contributed by atoms with Gasteiger partial charge < -0.3 is 9.99 Å². The molecule has 0 spiro atoms. The van der Waals surface area contributed by atoms with Gasteiger partial charge >= 0.3 is 7.05 Å². The van der Waals surface area contributed by atoms with E-state index in [4.69, 9.17) is 4.65 Å². The van der Waals surface area contributed by atoms with Crippen LogP contribution in [0.4, 0.5) is 0 Å². The second-order valence-corrected chi connectivity index (χ2v) is 5.57. The highest BCUT2D eigenvalue weighted by Gasteiger charge is 2.24. The van der Waals surface area contributed by atoms with Gasteiger partial charge in [-0.25, -0.2) is 0 Å². The Kier molecular flexibility index (Phi) is 4.07. The van der Waals surface area contributed by atoms with Gasteiger partial charge in [-0.2, -0.15) is 5.10 Å². The number of rotatable bonds is 3. The minimum Gasteiger partial charge on any atom is -0.406 e. The normalized spacial score (nSPS) is 14.8. The van der Waals surface area contributed by atoms with Crippen molar-refractivity contribution in [1.29, 1.82) is 0 Å². The lowest BCUT2D eigenvalue weighted by Crippen LogP contribution is -2.49. The van der Waals surface area contributed by atoms with Crippen LogP contribution in [0.1, 0.15) is 30.9 Å². The molecule has 1 aliphatic heterocycles. The average Bonchev–Trinajstić information content (AvgIpc) is 2.56. The lowest BCUT2D eigenvalue weighted by Gasteiger charge is -2.21. The molecule has 1 N–H and O–H groups in total. The predicted molar refractivity (Wildman–Crippen MR) is 88.0 cm³/mol. The van der Waals surface area contributed by atoms with E-state index in [0.717, 1.165) is 16.7 Å². The van der Waals surface area contributed by atoms with Crippen molar-refractivity contribution in [2.45, 2.75) is 19.8 Å². The van der Waals surface area contributed by atoms with Crippen molar-refractivity contribution in [1.82, 2.24) is 5.34 Å². The molecule has 2 aromatic carbocycles. The molecule has 0 aromatic heterocycles. The van der Waals surface area contributed by atoms with E-state index in [1.165, 1.54) is 5.56 Å². The Labute approximate surface area is 126 Å². The minimum atomic E-state index is -0.168. The van der Waals surface area contributed by atoms with Crippen molar-refractivity contribution >= 4 is 18.2 Å². The predicted octanol–water partition coefficient (Wildman–Crippen LogP) is 2.53. The van der Waals surface area contributed by atoms with E-state index in [2.05, 4.69) is 48.6 Å². The molecular formula is C17H19BN2O. The van der Waals surface area contributed by atoms with Gasteiger partial charge in [0.1, 0.15) is 0 Å². The maximum atomic E-state index is 5.89. The van der Waals surface area contributed by atoms with Crippen LogP contribution in [0.15, 0.2) is 59.7 Å². The van der Waals surface area contributed by atoms with E-state index < -0.39 is 0 Å². The Balaban J connectivity index is 1.71. The molecule has 0 aliphatic carbocycles. The molecular weight excluding hydrogens is 259 g/mol. The van der Waals surface area contributed by atoms with Crippen LogP contribution in [0.25, 0.3) is 0 Å². The fourth-order valence-corrected chi connectivity index (χ4v) is 2.37. The number of benzene rings is 2. The molecule has 0 saturated heterocycles. The topological polar surface area (TPSA) is 33.6 Å². The van der Waals surface area contributed by atoms with E-state index in [1.807, 2.05) is 30.3 Å². The third kappa shape index (κ3) is 3.16. The van der Waals surface area contributed by atoms with E-state index in [0.29, 0.717) is 12.5 Å². The smallest absolute Gasteiger partial charge is 0.406 e. The van der Waals surface area contributed by atoms with Gasteiger partial charge in [0.15, 0.2) is 0 Å². The second-order valence-electron chi connectivity index (χ2n) is 5.57. The molecule has 21 heavy (non-hydrogen) atoms. The molecule has 1 heterocycles. The van der Waals surface area contributed by atoms with Crippen molar-refractivity contribution in [3.05, 3.63) is 65.7 Å². The first-order valence-corrected chi connectivity index (χ1v) is 7.33. The standard InChI is InChI=1S/C17H19BN2O/c1-13(2)14-8-10-16(11-9-14)18-20-19-17(12-21-18)15-6-4-3-5-7-15/h3-11,13,20H,12H2,1-2H3. The van der Waals surface area contributed by atoms with Gasteiger partial charge in [0.25, 0.3) is 0 Å². The summed E-state index contributed by atoms with van der Waals surface area (Å²) in [4.78, 5) is 0. The van der Waals surface area contributed by atoms with Crippen LogP contribution in [0, 0.1) is 0 Å². The van der Waals surface area contributed by atoms with Gasteiger partial charge in [0, 0.05) is 0 Å². The maximum Gasteiger partial charge on any atom is 0.466 e. The molecule has 4 heteroatoms. The van der Waals surface area contributed by atoms with E-state index in [1.54, 1.807) is 0 Å². The third-order valence-electron chi connectivity index (χ3n) is 3.72. The summed E-state index contributed by atoms with van der Waals surface area (Å²) < 4.78 is 5.89. The zero-order valence-corrected chi connectivity index (χ0v) is 12.4. The zero-order valence-electron chi connectivity index (χ0n) is 12.4. The Bertz CT molecular complexity index is 623. The van der Waals surface area contributed by atoms with Crippen LogP contribution < -0.4 is 10.8 Å². The van der Waals surface area contributed by atoms with Crippen molar-refractivity contribution in [2.24, 2.45) is 5.10 Å². The molecule has 106 valence electrons. The fourth-order valence-electron chi connectivity index (χ4n) is 2.37. The number of hydrogen-bond acceptors (Lipinski definition) is 3. The molecule has 0 amide bonds. The minimum absolute atomic E-state index is 0.168. The highest BCUT2D eigenvalue weighted by molar-refractivity contribution is 6.65. The third-order valence-corrected chi connectivity index (χ3v) is 3.72. The number of hydrazone groups is 1. The summed E-state index contributed by atoms with van der Waals surface area (Å²) in [5.74, 6) is 0.544. The molecule has 3 nitrogen and oxygen atoms in total. The quantitative estimate of drug-likeness (QED) is 0.875. The first-order chi connectivity index (χ1) is 10.2. The van der Waals surface area contributed by atoms with Crippen LogP contribution in [0.2, 0.25) is 0 Å². The molecule has 0 bridgehead atoms. The van der Waals surface area contributed by atoms with Crippen molar-refractivity contribution in [3.8, 4) is 0 Å². The zero-order chi connectivity index (χ0) is 14.7. The van der Waals surface area contributed by atoms with E-state index >= 15 is 0 Å². The van der Waals surface area contributed by atoms with Gasteiger partial charge in [0.2, 0.25) is 0 Å². The van der Waals surface area contributed by atoms with Crippen LogP contribution in [-0.4, -0.2) is 19.4 Å². The molecule has 0 radical (unpaired) electrons. The van der Waals surface area contributed by atoms with Crippen molar-refractivity contribution < 1.29 is 4.65 Å². The van der Waals surface area contributed by atoms with E-state index in [-0.39, 0.29) is 7.05 Å². The molecule has 3 rings (SSSR count). The first kappa shape index (κ1) is 13.9. The molecule has 0 atom stereocenters. The van der Waals surface area contributed by atoms with Crippen molar-refractivity contribution in [3.63, 3.8) is 0 Å². The molecule has 1 aliphatic rings. The van der Waals surface area contributed by atoms with Gasteiger partial charge in [-0.1, -0.05) is 68.4 Å². The summed E-state index contributed by atoms with van der Waals surface area (Å²) in [6, 6.07) is 18.6. The first-order valence-electron chi connectivity index (χ1n) is 7.33. The van der Waals surface area contributed by atoms with Crippen LogP contribution in [0.3, 0.4) is 0 Å². The number of nitrogens with one attached hydrogen (secondary N) is 1. The van der Waals surface area contributed by atoms with Gasteiger partial charge in [-0.05, 0) is 22.5 Å². The number of hydrogen-bond donors (Lipinski definition) is 1. The fraction of sp³-hybridized carbons (Fsp3) is 0.235. The summed E-state index contributed by atoms with van der Waals surface area (Å²) >= 11 is 0. The van der Waals surface area contributed by atoms with Crippen LogP contribution >= 0.6 is 0 Å². The monoisotopic (exact) mass is 278 g/mol.